The Balaban J connectivity index is 2.33. The smallest absolute Gasteiger partial charge is 0.412 e. The summed E-state index contributed by atoms with van der Waals surface area (Å²) in [7, 11) is 3.12. The third kappa shape index (κ3) is 12.9. The molecule has 1 amide bonds. The van der Waals surface area contributed by atoms with E-state index < -0.39 is 6.09 Å². The van der Waals surface area contributed by atoms with E-state index >= 15 is 0 Å². The summed E-state index contributed by atoms with van der Waals surface area (Å²) >= 11 is 0. The molecular formula is C29H43NO4. The molecule has 0 aliphatic rings. The molecule has 0 saturated carbocycles. The average molecular weight is 470 g/mol. The first-order valence-corrected chi connectivity index (χ1v) is 12.0. The number of rotatable bonds is 14. The third-order valence-corrected chi connectivity index (χ3v) is 5.45. The molecule has 0 bridgehead atoms. The highest BCUT2D eigenvalue weighted by Crippen LogP contribution is 2.29. The number of nitrogens with one attached hydrogen (secondary N) is 1. The number of anilines is 1. The van der Waals surface area contributed by atoms with Crippen molar-refractivity contribution in [1.82, 2.24) is 0 Å². The minimum Gasteiger partial charge on any atom is -0.497 e. The highest BCUT2D eigenvalue weighted by molar-refractivity contribution is 5.87. The van der Waals surface area contributed by atoms with Crippen molar-refractivity contribution in [2.75, 3.05) is 26.1 Å². The van der Waals surface area contributed by atoms with Gasteiger partial charge in [-0.3, -0.25) is 5.32 Å². The number of ether oxygens (including phenoxy) is 3. The Labute approximate surface area is 206 Å². The van der Waals surface area contributed by atoms with Gasteiger partial charge in [-0.25, -0.2) is 4.79 Å². The van der Waals surface area contributed by atoms with Crippen molar-refractivity contribution in [3.63, 3.8) is 0 Å². The molecule has 0 aliphatic heterocycles. The molecule has 0 radical (unpaired) electrons. The van der Waals surface area contributed by atoms with Crippen molar-refractivity contribution < 1.29 is 19.0 Å². The van der Waals surface area contributed by atoms with Gasteiger partial charge >= 0.3 is 6.09 Å². The lowest BCUT2D eigenvalue weighted by molar-refractivity contribution is 0.173. The highest BCUT2D eigenvalue weighted by Gasteiger charge is 2.09. The number of benzene rings is 1. The summed E-state index contributed by atoms with van der Waals surface area (Å²) < 4.78 is 15.7. The zero-order chi connectivity index (χ0) is 25.3. The molecule has 0 unspecified atom stereocenters. The van der Waals surface area contributed by atoms with Crippen LogP contribution in [-0.2, 0) is 4.74 Å². The second-order valence-corrected chi connectivity index (χ2v) is 8.84. The summed E-state index contributed by atoms with van der Waals surface area (Å²) in [5.74, 6) is 1.17. The number of hydrogen-bond acceptors (Lipinski definition) is 4. The van der Waals surface area contributed by atoms with Crippen LogP contribution < -0.4 is 14.8 Å². The lowest BCUT2D eigenvalue weighted by atomic mass is 10.0. The fourth-order valence-corrected chi connectivity index (χ4v) is 3.29. The van der Waals surface area contributed by atoms with Crippen LogP contribution in [0.15, 0.2) is 64.8 Å². The molecule has 1 aromatic carbocycles. The van der Waals surface area contributed by atoms with Crippen LogP contribution in [0.4, 0.5) is 10.5 Å². The molecule has 5 nitrogen and oxygen atoms in total. The van der Waals surface area contributed by atoms with Crippen LogP contribution in [0.2, 0.25) is 0 Å². The van der Waals surface area contributed by atoms with Crippen molar-refractivity contribution in [3.05, 3.63) is 64.8 Å². The molecular weight excluding hydrogens is 426 g/mol. The van der Waals surface area contributed by atoms with E-state index in [1.165, 1.54) is 22.3 Å². The maximum absolute atomic E-state index is 12.1. The van der Waals surface area contributed by atoms with Crippen LogP contribution in [0.25, 0.3) is 0 Å². The molecule has 0 fully saturated rings. The predicted molar refractivity (Wildman–Crippen MR) is 143 cm³/mol. The second kappa shape index (κ2) is 16.6. The van der Waals surface area contributed by atoms with E-state index in [0.717, 1.165) is 38.5 Å². The highest BCUT2D eigenvalue weighted by atomic mass is 16.5. The van der Waals surface area contributed by atoms with Gasteiger partial charge in [0.15, 0.2) is 0 Å². The topological polar surface area (TPSA) is 56.8 Å². The van der Waals surface area contributed by atoms with Crippen LogP contribution in [0.5, 0.6) is 11.5 Å². The van der Waals surface area contributed by atoms with Gasteiger partial charge in [-0.05, 0) is 91.4 Å². The minimum absolute atomic E-state index is 0.232. The number of methoxy groups -OCH3 is 2. The van der Waals surface area contributed by atoms with Gasteiger partial charge in [0.05, 0.1) is 19.9 Å². The van der Waals surface area contributed by atoms with Gasteiger partial charge in [0.1, 0.15) is 18.1 Å². The van der Waals surface area contributed by atoms with Crippen LogP contribution >= 0.6 is 0 Å². The fraction of sp³-hybridized carbons (Fsp3) is 0.483. The zero-order valence-electron chi connectivity index (χ0n) is 22.1. The van der Waals surface area contributed by atoms with Crippen molar-refractivity contribution >= 4 is 11.8 Å². The van der Waals surface area contributed by atoms with Crippen LogP contribution in [0.1, 0.15) is 73.1 Å². The summed E-state index contributed by atoms with van der Waals surface area (Å²) in [6.45, 7) is 11.0. The molecule has 0 heterocycles. The predicted octanol–water partition coefficient (Wildman–Crippen LogP) is 8.40. The molecule has 1 N–H and O–H groups in total. The van der Waals surface area contributed by atoms with Crippen molar-refractivity contribution in [2.45, 2.75) is 73.1 Å². The Morgan fingerprint density at radius 3 is 1.88 bits per heavy atom. The summed E-state index contributed by atoms with van der Waals surface area (Å²) in [5, 5.41) is 2.70. The van der Waals surface area contributed by atoms with Gasteiger partial charge in [-0.2, -0.15) is 0 Å². The normalized spacial score (nSPS) is 12.3. The summed E-state index contributed by atoms with van der Waals surface area (Å²) in [6.07, 6.45) is 14.8. The van der Waals surface area contributed by atoms with Crippen molar-refractivity contribution in [3.8, 4) is 11.5 Å². The van der Waals surface area contributed by atoms with E-state index in [-0.39, 0.29) is 6.61 Å². The molecule has 34 heavy (non-hydrogen) atoms. The van der Waals surface area contributed by atoms with E-state index in [2.05, 4.69) is 58.2 Å². The van der Waals surface area contributed by atoms with E-state index in [1.54, 1.807) is 32.4 Å². The quantitative estimate of drug-likeness (QED) is 0.278. The molecule has 1 rings (SSSR count). The first-order valence-electron chi connectivity index (χ1n) is 12.0. The number of hydrogen-bond donors (Lipinski definition) is 1. The Bertz CT molecular complexity index is 889. The van der Waals surface area contributed by atoms with Crippen molar-refractivity contribution in [2.24, 2.45) is 0 Å². The Morgan fingerprint density at radius 2 is 1.35 bits per heavy atom. The van der Waals surface area contributed by atoms with Gasteiger partial charge < -0.3 is 14.2 Å². The molecule has 0 aromatic heterocycles. The van der Waals surface area contributed by atoms with Gasteiger partial charge in [-0.1, -0.05) is 40.5 Å². The van der Waals surface area contributed by atoms with Crippen LogP contribution in [0.3, 0.4) is 0 Å². The number of amides is 1. The monoisotopic (exact) mass is 469 g/mol. The number of allylic oxidation sites excluding steroid dienone is 7. The van der Waals surface area contributed by atoms with Gasteiger partial charge in [0.2, 0.25) is 0 Å². The van der Waals surface area contributed by atoms with Crippen molar-refractivity contribution in [1.29, 1.82) is 0 Å². The molecule has 0 aliphatic carbocycles. The summed E-state index contributed by atoms with van der Waals surface area (Å²) in [4.78, 5) is 12.1. The van der Waals surface area contributed by atoms with E-state index in [0.29, 0.717) is 17.2 Å². The molecule has 0 atom stereocenters. The minimum atomic E-state index is -0.521. The molecule has 5 heteroatoms. The molecule has 0 spiro atoms. The van der Waals surface area contributed by atoms with Gasteiger partial charge in [-0.15, -0.1) is 0 Å². The van der Waals surface area contributed by atoms with Gasteiger partial charge in [0, 0.05) is 6.07 Å². The van der Waals surface area contributed by atoms with Gasteiger partial charge in [0.25, 0.3) is 0 Å². The fourth-order valence-electron chi connectivity index (χ4n) is 3.29. The third-order valence-electron chi connectivity index (χ3n) is 5.45. The number of carbonyl (C=O) groups excluding carboxylic acids is 1. The Morgan fingerprint density at radius 1 is 0.794 bits per heavy atom. The lowest BCUT2D eigenvalue weighted by Gasteiger charge is -2.11. The zero-order valence-corrected chi connectivity index (χ0v) is 22.1. The second-order valence-electron chi connectivity index (χ2n) is 8.84. The van der Waals surface area contributed by atoms with Crippen LogP contribution in [-0.4, -0.2) is 26.9 Å². The summed E-state index contributed by atoms with van der Waals surface area (Å²) in [6, 6.07) is 5.18. The summed E-state index contributed by atoms with van der Waals surface area (Å²) in [5.41, 5.74) is 6.02. The van der Waals surface area contributed by atoms with Crippen LogP contribution in [0, 0.1) is 0 Å². The maximum Gasteiger partial charge on any atom is 0.412 e. The standard InChI is InChI=1S/C29H43NO4/c1-22(2)11-8-12-23(3)13-9-14-24(4)15-10-16-25(5)19-20-34-29(31)30-27-18-17-26(32-6)21-28(27)33-7/h11,13,15,17-19,21H,8-10,12,14,16,20H2,1-7H3,(H,30,31). The average Bonchev–Trinajstić information content (AvgIpc) is 2.79. The maximum atomic E-state index is 12.1. The largest absolute Gasteiger partial charge is 0.497 e. The lowest BCUT2D eigenvalue weighted by Crippen LogP contribution is -2.14. The van der Waals surface area contributed by atoms with E-state index in [4.69, 9.17) is 14.2 Å². The Kier molecular flexibility index (Phi) is 14.2. The SMILES string of the molecule is COc1ccc(NC(=O)OCC=C(C)CCC=C(C)CCC=C(C)CCC=C(C)C)c(OC)c1. The Hall–Kier alpha value is -2.95. The van der Waals surface area contributed by atoms with E-state index in [1.807, 2.05) is 6.08 Å². The molecule has 188 valence electrons. The molecule has 1 aromatic rings. The number of carbonyl (C=O) groups is 1. The first kappa shape index (κ1) is 29.1. The molecule has 0 saturated heterocycles. The van der Waals surface area contributed by atoms with E-state index in [9.17, 15) is 4.79 Å². The first-order chi connectivity index (χ1) is 16.2.